The highest BCUT2D eigenvalue weighted by Gasteiger charge is 2.23. The van der Waals surface area contributed by atoms with Crippen LogP contribution in [0.1, 0.15) is 52.6 Å². The summed E-state index contributed by atoms with van der Waals surface area (Å²) >= 11 is 3.54. The van der Waals surface area contributed by atoms with Crippen LogP contribution in [-0.2, 0) is 0 Å². The van der Waals surface area contributed by atoms with Crippen molar-refractivity contribution in [1.29, 1.82) is 0 Å². The zero-order valence-corrected chi connectivity index (χ0v) is 14.3. The van der Waals surface area contributed by atoms with Gasteiger partial charge in [0.2, 0.25) is 0 Å². The summed E-state index contributed by atoms with van der Waals surface area (Å²) in [7, 11) is 0. The van der Waals surface area contributed by atoms with Crippen molar-refractivity contribution in [2.45, 2.75) is 47.1 Å². The molecule has 108 valence electrons. The van der Waals surface area contributed by atoms with Gasteiger partial charge in [0.1, 0.15) is 5.75 Å². The van der Waals surface area contributed by atoms with Crippen LogP contribution in [0.25, 0.3) is 0 Å². The van der Waals surface area contributed by atoms with E-state index in [1.165, 1.54) is 0 Å². The van der Waals surface area contributed by atoms with E-state index in [4.69, 9.17) is 10.5 Å². The first-order valence-electron chi connectivity index (χ1n) is 6.93. The van der Waals surface area contributed by atoms with Crippen LogP contribution in [0.3, 0.4) is 0 Å². The van der Waals surface area contributed by atoms with Crippen LogP contribution in [0, 0.1) is 11.3 Å². The quantitative estimate of drug-likeness (QED) is 0.832. The lowest BCUT2D eigenvalue weighted by atomic mass is 9.78. The van der Waals surface area contributed by atoms with Crippen molar-refractivity contribution in [2.75, 3.05) is 6.61 Å². The van der Waals surface area contributed by atoms with Crippen LogP contribution in [0.4, 0.5) is 0 Å². The molecule has 2 atom stereocenters. The van der Waals surface area contributed by atoms with Gasteiger partial charge in [0.25, 0.3) is 0 Å². The molecule has 0 spiro atoms. The summed E-state index contributed by atoms with van der Waals surface area (Å²) in [4.78, 5) is 0. The summed E-state index contributed by atoms with van der Waals surface area (Å²) in [5, 5.41) is 0. The SMILES string of the molecule is CCOc1ccc(C(N)CC(C)C(C)(C)C)cc1Br. The summed E-state index contributed by atoms with van der Waals surface area (Å²) in [6.45, 7) is 11.7. The first-order valence-corrected chi connectivity index (χ1v) is 7.72. The first kappa shape index (κ1) is 16.5. The molecule has 19 heavy (non-hydrogen) atoms. The van der Waals surface area contributed by atoms with Crippen molar-refractivity contribution >= 4 is 15.9 Å². The third kappa shape index (κ3) is 4.81. The molecule has 0 aliphatic rings. The summed E-state index contributed by atoms with van der Waals surface area (Å²) in [5.74, 6) is 1.45. The zero-order chi connectivity index (χ0) is 14.6. The molecule has 0 aliphatic carbocycles. The Labute approximate surface area is 125 Å². The van der Waals surface area contributed by atoms with E-state index >= 15 is 0 Å². The lowest BCUT2D eigenvalue weighted by Crippen LogP contribution is -2.23. The molecule has 1 rings (SSSR count). The molecule has 1 aromatic carbocycles. The van der Waals surface area contributed by atoms with E-state index in [9.17, 15) is 0 Å². The maximum absolute atomic E-state index is 6.32. The molecule has 0 amide bonds. The average molecular weight is 328 g/mol. The molecular formula is C16H26BrNO. The van der Waals surface area contributed by atoms with Gasteiger partial charge in [-0.1, -0.05) is 33.8 Å². The summed E-state index contributed by atoms with van der Waals surface area (Å²) < 4.78 is 6.50. The summed E-state index contributed by atoms with van der Waals surface area (Å²) in [6.07, 6.45) is 0.990. The van der Waals surface area contributed by atoms with Crippen LogP contribution < -0.4 is 10.5 Å². The predicted molar refractivity (Wildman–Crippen MR) is 85.5 cm³/mol. The Morgan fingerprint density at radius 2 is 1.95 bits per heavy atom. The van der Waals surface area contributed by atoms with Crippen molar-refractivity contribution in [2.24, 2.45) is 17.1 Å². The van der Waals surface area contributed by atoms with E-state index in [1.807, 2.05) is 13.0 Å². The summed E-state index contributed by atoms with van der Waals surface area (Å²) in [6, 6.07) is 6.20. The van der Waals surface area contributed by atoms with Crippen molar-refractivity contribution < 1.29 is 4.74 Å². The van der Waals surface area contributed by atoms with Crippen molar-refractivity contribution in [3.63, 3.8) is 0 Å². The zero-order valence-electron chi connectivity index (χ0n) is 12.7. The molecular weight excluding hydrogens is 302 g/mol. The van der Waals surface area contributed by atoms with E-state index in [2.05, 4.69) is 55.8 Å². The normalized spacial score (nSPS) is 15.1. The van der Waals surface area contributed by atoms with Gasteiger partial charge in [0.05, 0.1) is 11.1 Å². The fourth-order valence-corrected chi connectivity index (χ4v) is 2.40. The van der Waals surface area contributed by atoms with Gasteiger partial charge in [-0.05, 0) is 58.3 Å². The number of hydrogen-bond acceptors (Lipinski definition) is 2. The standard InChI is InChI=1S/C16H26BrNO/c1-6-19-15-8-7-12(10-13(15)17)14(18)9-11(2)16(3,4)5/h7-8,10-11,14H,6,9,18H2,1-5H3. The fourth-order valence-electron chi connectivity index (χ4n) is 1.89. The second-order valence-electron chi connectivity index (χ2n) is 6.23. The highest BCUT2D eigenvalue weighted by Crippen LogP contribution is 2.34. The van der Waals surface area contributed by atoms with E-state index in [1.54, 1.807) is 0 Å². The Hall–Kier alpha value is -0.540. The highest BCUT2D eigenvalue weighted by molar-refractivity contribution is 9.10. The second kappa shape index (κ2) is 6.76. The molecule has 0 aliphatic heterocycles. The minimum atomic E-state index is 0.0706. The van der Waals surface area contributed by atoms with Crippen LogP contribution in [-0.4, -0.2) is 6.61 Å². The number of benzene rings is 1. The molecule has 0 saturated heterocycles. The van der Waals surface area contributed by atoms with Crippen LogP contribution in [0.2, 0.25) is 0 Å². The molecule has 3 heteroatoms. The first-order chi connectivity index (χ1) is 8.75. The van der Waals surface area contributed by atoms with Gasteiger partial charge in [0.15, 0.2) is 0 Å². The van der Waals surface area contributed by atoms with E-state index < -0.39 is 0 Å². The van der Waals surface area contributed by atoms with E-state index in [0.717, 1.165) is 22.2 Å². The van der Waals surface area contributed by atoms with Crippen LogP contribution >= 0.6 is 15.9 Å². The maximum Gasteiger partial charge on any atom is 0.133 e. The topological polar surface area (TPSA) is 35.2 Å². The molecule has 2 N–H and O–H groups in total. The molecule has 0 heterocycles. The number of halogens is 1. The molecule has 0 bridgehead atoms. The molecule has 2 unspecified atom stereocenters. The predicted octanol–water partition coefficient (Wildman–Crippen LogP) is 4.92. The second-order valence-corrected chi connectivity index (χ2v) is 7.09. The Morgan fingerprint density at radius 1 is 1.32 bits per heavy atom. The van der Waals surface area contributed by atoms with Gasteiger partial charge in [-0.2, -0.15) is 0 Å². The fraction of sp³-hybridized carbons (Fsp3) is 0.625. The summed E-state index contributed by atoms with van der Waals surface area (Å²) in [5.41, 5.74) is 7.77. The largest absolute Gasteiger partial charge is 0.493 e. The van der Waals surface area contributed by atoms with Gasteiger partial charge in [-0.15, -0.1) is 0 Å². The number of rotatable bonds is 5. The third-order valence-corrected chi connectivity index (χ3v) is 4.39. The number of nitrogens with two attached hydrogens (primary N) is 1. The van der Waals surface area contributed by atoms with E-state index in [-0.39, 0.29) is 6.04 Å². The van der Waals surface area contributed by atoms with Crippen molar-refractivity contribution in [1.82, 2.24) is 0 Å². The number of ether oxygens (including phenoxy) is 1. The van der Waals surface area contributed by atoms with E-state index in [0.29, 0.717) is 17.9 Å². The molecule has 0 radical (unpaired) electrons. The minimum absolute atomic E-state index is 0.0706. The third-order valence-electron chi connectivity index (χ3n) is 3.77. The smallest absolute Gasteiger partial charge is 0.133 e. The molecule has 1 aromatic rings. The van der Waals surface area contributed by atoms with Gasteiger partial charge >= 0.3 is 0 Å². The van der Waals surface area contributed by atoms with Gasteiger partial charge in [-0.3, -0.25) is 0 Å². The van der Waals surface area contributed by atoms with Gasteiger partial charge in [0, 0.05) is 6.04 Å². The lowest BCUT2D eigenvalue weighted by molar-refractivity contribution is 0.234. The molecule has 2 nitrogen and oxygen atoms in total. The van der Waals surface area contributed by atoms with Gasteiger partial charge < -0.3 is 10.5 Å². The molecule has 0 aromatic heterocycles. The monoisotopic (exact) mass is 327 g/mol. The lowest BCUT2D eigenvalue weighted by Gasteiger charge is -2.29. The Balaban J connectivity index is 2.78. The van der Waals surface area contributed by atoms with Crippen molar-refractivity contribution in [3.8, 4) is 5.75 Å². The van der Waals surface area contributed by atoms with Gasteiger partial charge in [-0.25, -0.2) is 0 Å². The molecule has 0 saturated carbocycles. The highest BCUT2D eigenvalue weighted by atomic mass is 79.9. The van der Waals surface area contributed by atoms with Crippen LogP contribution in [0.5, 0.6) is 5.75 Å². The Kier molecular flexibility index (Phi) is 5.87. The van der Waals surface area contributed by atoms with Crippen molar-refractivity contribution in [3.05, 3.63) is 28.2 Å². The molecule has 0 fully saturated rings. The van der Waals surface area contributed by atoms with Crippen LogP contribution in [0.15, 0.2) is 22.7 Å². The Bertz CT molecular complexity index is 412. The number of hydrogen-bond donors (Lipinski definition) is 1. The Morgan fingerprint density at radius 3 is 2.42 bits per heavy atom. The average Bonchev–Trinajstić information content (AvgIpc) is 2.30. The maximum atomic E-state index is 6.32. The minimum Gasteiger partial charge on any atom is -0.493 e.